The zero-order valence-corrected chi connectivity index (χ0v) is 18.9. The topological polar surface area (TPSA) is 84.9 Å². The molecule has 8 heteroatoms. The molecule has 2 aromatic carbocycles. The van der Waals surface area contributed by atoms with Crippen LogP contribution in [0.5, 0.6) is 0 Å². The summed E-state index contributed by atoms with van der Waals surface area (Å²) in [6.45, 7) is 6.25. The number of amides is 2. The summed E-state index contributed by atoms with van der Waals surface area (Å²) in [6.07, 6.45) is 0.640. The Labute approximate surface area is 192 Å². The van der Waals surface area contributed by atoms with Crippen LogP contribution in [0.4, 0.5) is 4.79 Å². The molecule has 170 valence electrons. The van der Waals surface area contributed by atoms with E-state index in [2.05, 4.69) is 9.97 Å². The van der Waals surface area contributed by atoms with E-state index in [1.807, 2.05) is 68.4 Å². The molecule has 8 nitrogen and oxygen atoms in total. The van der Waals surface area contributed by atoms with Gasteiger partial charge in [-0.25, -0.2) is 9.78 Å². The molecule has 0 aliphatic carbocycles. The molecular formula is C25H26N4O4. The predicted octanol–water partition coefficient (Wildman–Crippen LogP) is 3.50. The third kappa shape index (κ3) is 3.60. The molecule has 0 N–H and O–H groups in total. The van der Waals surface area contributed by atoms with Crippen molar-refractivity contribution < 1.29 is 19.1 Å². The number of aromatic nitrogens is 2. The molecule has 2 saturated heterocycles. The number of fused-ring (bicyclic) bond motifs is 2. The minimum Gasteiger partial charge on any atom is -0.444 e. The minimum atomic E-state index is -1.19. The molecule has 0 bridgehead atoms. The molecule has 3 aromatic rings. The molecule has 33 heavy (non-hydrogen) atoms. The monoisotopic (exact) mass is 446 g/mol. The number of ether oxygens (including phenoxy) is 2. The smallest absolute Gasteiger partial charge is 0.411 e. The van der Waals surface area contributed by atoms with Crippen molar-refractivity contribution in [3.63, 3.8) is 0 Å². The number of hydrogen-bond donors (Lipinski definition) is 0. The first-order valence-electron chi connectivity index (χ1n) is 11.0. The normalized spacial score (nSPS) is 23.4. The highest BCUT2D eigenvalue weighted by atomic mass is 16.6. The molecule has 2 aliphatic heterocycles. The maximum absolute atomic E-state index is 13.1. The number of carbonyl (C=O) groups is 2. The number of benzene rings is 2. The van der Waals surface area contributed by atoms with Crippen LogP contribution >= 0.6 is 0 Å². The van der Waals surface area contributed by atoms with Gasteiger partial charge in [-0.3, -0.25) is 14.7 Å². The number of para-hydroxylation sites is 2. The Bertz CT molecular complexity index is 1220. The lowest BCUT2D eigenvalue weighted by Gasteiger charge is -2.54. The van der Waals surface area contributed by atoms with Crippen LogP contribution in [0.3, 0.4) is 0 Å². The molecule has 2 fully saturated rings. The van der Waals surface area contributed by atoms with E-state index in [4.69, 9.17) is 9.47 Å². The minimum absolute atomic E-state index is 0.109. The summed E-state index contributed by atoms with van der Waals surface area (Å²) in [7, 11) is 0. The Morgan fingerprint density at radius 1 is 1.03 bits per heavy atom. The molecule has 5 rings (SSSR count). The molecule has 2 aliphatic rings. The summed E-state index contributed by atoms with van der Waals surface area (Å²) in [5.41, 5.74) is 1.38. The van der Waals surface area contributed by atoms with E-state index in [0.29, 0.717) is 12.2 Å². The molecule has 1 aromatic heterocycles. The van der Waals surface area contributed by atoms with Crippen LogP contribution in [0.25, 0.3) is 11.0 Å². The average Bonchev–Trinajstić information content (AvgIpc) is 3.10. The summed E-state index contributed by atoms with van der Waals surface area (Å²) in [5.74, 6) is -0.149. The fraction of sp³-hybridized carbons (Fsp3) is 0.360. The third-order valence-corrected chi connectivity index (χ3v) is 6.34. The van der Waals surface area contributed by atoms with Gasteiger partial charge in [0.15, 0.2) is 5.60 Å². The van der Waals surface area contributed by atoms with E-state index in [1.165, 1.54) is 0 Å². The van der Waals surface area contributed by atoms with Crippen LogP contribution in [0.15, 0.2) is 60.8 Å². The summed E-state index contributed by atoms with van der Waals surface area (Å²) in [6, 6.07) is 17.1. The first-order valence-corrected chi connectivity index (χ1v) is 11.0. The van der Waals surface area contributed by atoms with E-state index in [1.54, 1.807) is 22.9 Å². The Hall–Kier alpha value is -3.52. The van der Waals surface area contributed by atoms with Gasteiger partial charge in [0, 0.05) is 6.54 Å². The fourth-order valence-corrected chi connectivity index (χ4v) is 4.65. The van der Waals surface area contributed by atoms with Gasteiger partial charge in [-0.2, -0.15) is 0 Å². The lowest BCUT2D eigenvalue weighted by atomic mass is 9.87. The zero-order valence-electron chi connectivity index (χ0n) is 18.9. The molecule has 2 amide bonds. The van der Waals surface area contributed by atoms with Crippen molar-refractivity contribution in [2.75, 3.05) is 6.54 Å². The van der Waals surface area contributed by atoms with E-state index in [-0.39, 0.29) is 19.1 Å². The predicted molar refractivity (Wildman–Crippen MR) is 121 cm³/mol. The Kier molecular flexibility index (Phi) is 5.05. The maximum Gasteiger partial charge on any atom is 0.411 e. The highest BCUT2D eigenvalue weighted by Gasteiger charge is 2.70. The van der Waals surface area contributed by atoms with Gasteiger partial charge in [-0.15, -0.1) is 0 Å². The first-order chi connectivity index (χ1) is 15.8. The van der Waals surface area contributed by atoms with Crippen molar-refractivity contribution >= 4 is 23.0 Å². The van der Waals surface area contributed by atoms with Gasteiger partial charge in [0.25, 0.3) is 5.91 Å². The lowest BCUT2D eigenvalue weighted by molar-refractivity contribution is -0.217. The Morgan fingerprint density at radius 2 is 1.73 bits per heavy atom. The number of hydrogen-bond acceptors (Lipinski definition) is 6. The molecular weight excluding hydrogens is 420 g/mol. The van der Waals surface area contributed by atoms with Gasteiger partial charge in [0.1, 0.15) is 12.8 Å². The zero-order chi connectivity index (χ0) is 23.2. The number of nitrogens with zero attached hydrogens (tertiary/aromatic N) is 4. The molecule has 0 spiro atoms. The van der Waals surface area contributed by atoms with E-state index < -0.39 is 23.4 Å². The molecule has 2 unspecified atom stereocenters. The third-order valence-electron chi connectivity index (χ3n) is 6.34. The van der Waals surface area contributed by atoms with Crippen LogP contribution in [0, 0.1) is 0 Å². The molecule has 3 heterocycles. The van der Waals surface area contributed by atoms with Gasteiger partial charge in [-0.05, 0) is 38.5 Å². The van der Waals surface area contributed by atoms with Crippen LogP contribution in [0.2, 0.25) is 0 Å². The number of β-lactam (4-membered cyclic amide) rings is 1. The SMILES string of the molecule is CC1(OCc2cnc3ccccc3n2)C(=O)N2C1N(C(=O)OCc1ccccc1)CC2(C)C. The lowest BCUT2D eigenvalue weighted by Crippen LogP contribution is -2.77. The van der Waals surface area contributed by atoms with Gasteiger partial charge >= 0.3 is 6.09 Å². The van der Waals surface area contributed by atoms with Crippen LogP contribution < -0.4 is 0 Å². The standard InChI is InChI=1S/C25H26N4O4/c1-24(2)16-28(23(31)32-14-17-9-5-4-6-10-17)21-25(3,22(30)29(21)24)33-15-18-13-26-19-11-7-8-12-20(19)27-18/h4-13,21H,14-16H2,1-3H3. The van der Waals surface area contributed by atoms with Crippen molar-refractivity contribution in [1.29, 1.82) is 0 Å². The second-order valence-corrected chi connectivity index (χ2v) is 9.28. The van der Waals surface area contributed by atoms with E-state index >= 15 is 0 Å². The van der Waals surface area contributed by atoms with Gasteiger partial charge in [0.2, 0.25) is 0 Å². The Morgan fingerprint density at radius 3 is 2.48 bits per heavy atom. The van der Waals surface area contributed by atoms with Gasteiger partial charge in [0.05, 0.1) is 35.1 Å². The summed E-state index contributed by atoms with van der Waals surface area (Å²) < 4.78 is 11.7. The quantitative estimate of drug-likeness (QED) is 0.558. The molecule has 0 radical (unpaired) electrons. The van der Waals surface area contributed by atoms with Crippen LogP contribution in [-0.4, -0.2) is 55.6 Å². The maximum atomic E-state index is 13.1. The highest BCUT2D eigenvalue weighted by Crippen LogP contribution is 2.47. The summed E-state index contributed by atoms with van der Waals surface area (Å²) in [5, 5.41) is 0. The van der Waals surface area contributed by atoms with Crippen molar-refractivity contribution in [2.45, 2.75) is 51.3 Å². The van der Waals surface area contributed by atoms with Crippen LogP contribution in [-0.2, 0) is 27.5 Å². The van der Waals surface area contributed by atoms with Gasteiger partial charge in [-0.1, -0.05) is 42.5 Å². The van der Waals surface area contributed by atoms with Crippen molar-refractivity contribution in [2.24, 2.45) is 0 Å². The van der Waals surface area contributed by atoms with Crippen molar-refractivity contribution in [3.8, 4) is 0 Å². The number of carbonyl (C=O) groups excluding carboxylic acids is 2. The Balaban J connectivity index is 1.32. The van der Waals surface area contributed by atoms with Gasteiger partial charge < -0.3 is 14.4 Å². The average molecular weight is 447 g/mol. The van der Waals surface area contributed by atoms with Crippen molar-refractivity contribution in [3.05, 3.63) is 72.1 Å². The fourth-order valence-electron chi connectivity index (χ4n) is 4.65. The van der Waals surface area contributed by atoms with E-state index in [9.17, 15) is 9.59 Å². The second-order valence-electron chi connectivity index (χ2n) is 9.28. The largest absolute Gasteiger partial charge is 0.444 e. The molecule has 2 atom stereocenters. The summed E-state index contributed by atoms with van der Waals surface area (Å²) >= 11 is 0. The summed E-state index contributed by atoms with van der Waals surface area (Å²) in [4.78, 5) is 38.4. The number of rotatable bonds is 5. The van der Waals surface area contributed by atoms with Crippen LogP contribution in [0.1, 0.15) is 32.0 Å². The first kappa shape index (κ1) is 21.3. The highest BCUT2D eigenvalue weighted by molar-refractivity contribution is 5.95. The van der Waals surface area contributed by atoms with E-state index in [0.717, 1.165) is 16.6 Å². The van der Waals surface area contributed by atoms with Crippen molar-refractivity contribution in [1.82, 2.24) is 19.8 Å². The second kappa shape index (κ2) is 7.81. The molecule has 0 saturated carbocycles.